The van der Waals surface area contributed by atoms with Crippen LogP contribution < -0.4 is 4.91 Å². The van der Waals surface area contributed by atoms with E-state index in [1.165, 1.54) is 57.8 Å². The van der Waals surface area contributed by atoms with Crippen LogP contribution in [0.3, 0.4) is 0 Å². The molecule has 0 aliphatic carbocycles. The van der Waals surface area contributed by atoms with Crippen LogP contribution in [0, 0.1) is 11.1 Å². The van der Waals surface area contributed by atoms with Gasteiger partial charge in [0.15, 0.2) is 0 Å². The number of nitrogens with zero attached hydrogens (tertiary/aromatic N) is 1. The number of rotatable bonds is 12. The van der Waals surface area contributed by atoms with Crippen molar-refractivity contribution in [1.29, 1.82) is 11.1 Å². The van der Waals surface area contributed by atoms with E-state index in [1.54, 1.807) is 7.11 Å². The predicted molar refractivity (Wildman–Crippen MR) is 77.3 cm³/mol. The molecule has 5 heteroatoms. The summed E-state index contributed by atoms with van der Waals surface area (Å²) in [4.78, 5) is 2.00. The predicted octanol–water partition coefficient (Wildman–Crippen LogP) is 4.03. The van der Waals surface area contributed by atoms with Crippen molar-refractivity contribution >= 4 is 0 Å². The number of methoxy groups -OCH3 is 1. The van der Waals surface area contributed by atoms with Gasteiger partial charge in [0.05, 0.1) is 12.7 Å². The lowest BCUT2D eigenvalue weighted by Gasteiger charge is -2.11. The van der Waals surface area contributed by atoms with E-state index in [1.807, 2.05) is 4.91 Å². The Kier molecular flexibility index (Phi) is 21.2. The number of nitrogens with one attached hydrogen (secondary N) is 2. The Morgan fingerprint density at radius 1 is 0.947 bits per heavy atom. The van der Waals surface area contributed by atoms with Crippen LogP contribution in [-0.2, 0) is 4.74 Å². The second-order valence-electron chi connectivity index (χ2n) is 4.77. The molecule has 0 bridgehead atoms. The van der Waals surface area contributed by atoms with Crippen molar-refractivity contribution in [2.24, 2.45) is 0 Å². The standard InChI is InChI=1S/C14H30O2.H2N3/c1-3-4-5-6-7-8-9-10-11-12-14(13-15)16-2;1-3-2/h14-15H,3-13H2,1-2H3;1-2H/q;+1. The van der Waals surface area contributed by atoms with E-state index in [0.717, 1.165) is 6.42 Å². The topological polar surface area (TPSA) is 91.3 Å². The van der Waals surface area contributed by atoms with Gasteiger partial charge in [0.25, 0.3) is 0 Å². The summed E-state index contributed by atoms with van der Waals surface area (Å²) in [6.45, 7) is 2.42. The second kappa shape index (κ2) is 19.6. The van der Waals surface area contributed by atoms with Gasteiger partial charge >= 0.3 is 0 Å². The highest BCUT2D eigenvalue weighted by Crippen LogP contribution is 2.11. The van der Waals surface area contributed by atoms with Crippen LogP contribution in [0.5, 0.6) is 0 Å². The molecule has 0 amide bonds. The molecule has 0 heterocycles. The monoisotopic (exact) mass is 274 g/mol. The molecular formula is C14H32N3O2+. The molecule has 1 unspecified atom stereocenters. The van der Waals surface area contributed by atoms with E-state index in [-0.39, 0.29) is 12.7 Å². The smallest absolute Gasteiger partial charge is 0.211 e. The zero-order valence-electron chi connectivity index (χ0n) is 12.7. The molecule has 0 spiro atoms. The minimum atomic E-state index is 0.0598. The first kappa shape index (κ1) is 20.5. The largest absolute Gasteiger partial charge is 0.394 e. The number of ether oxygens (including phenoxy) is 1. The van der Waals surface area contributed by atoms with E-state index >= 15 is 0 Å². The van der Waals surface area contributed by atoms with Crippen LogP contribution in [-0.4, -0.2) is 24.9 Å². The first-order valence-electron chi connectivity index (χ1n) is 7.43. The molecule has 0 saturated heterocycles. The quantitative estimate of drug-likeness (QED) is 0.285. The van der Waals surface area contributed by atoms with Gasteiger partial charge in [-0.25, -0.2) is 0 Å². The Hall–Kier alpha value is -0.770. The number of unbranched alkanes of at least 4 members (excludes halogenated alkanes) is 8. The summed E-state index contributed by atoms with van der Waals surface area (Å²) in [5.74, 6) is 0. The van der Waals surface area contributed by atoms with Gasteiger partial charge in [-0.15, -0.1) is 0 Å². The molecule has 0 aromatic carbocycles. The van der Waals surface area contributed by atoms with E-state index < -0.39 is 0 Å². The lowest BCUT2D eigenvalue weighted by Crippen LogP contribution is -2.14. The minimum absolute atomic E-state index is 0.0598. The summed E-state index contributed by atoms with van der Waals surface area (Å²) >= 11 is 0. The van der Waals surface area contributed by atoms with Gasteiger partial charge in [0.1, 0.15) is 11.1 Å². The van der Waals surface area contributed by atoms with E-state index in [0.29, 0.717) is 0 Å². The van der Waals surface area contributed by atoms with Gasteiger partial charge in [-0.3, -0.25) is 0 Å². The summed E-state index contributed by atoms with van der Waals surface area (Å²) in [7, 11) is 1.68. The van der Waals surface area contributed by atoms with Crippen molar-refractivity contribution in [2.45, 2.75) is 77.2 Å². The Morgan fingerprint density at radius 3 is 1.74 bits per heavy atom. The van der Waals surface area contributed by atoms with E-state index in [9.17, 15) is 0 Å². The van der Waals surface area contributed by atoms with Gasteiger partial charge in [0, 0.05) is 7.11 Å². The summed E-state index contributed by atoms with van der Waals surface area (Å²) in [5.41, 5.74) is 11.0. The average Bonchev–Trinajstić information content (AvgIpc) is 2.42. The normalized spacial score (nSPS) is 11.3. The molecule has 0 fully saturated rings. The molecule has 0 aromatic heterocycles. The molecule has 0 radical (unpaired) electrons. The third-order valence-electron chi connectivity index (χ3n) is 3.17. The van der Waals surface area contributed by atoms with Gasteiger partial charge in [0.2, 0.25) is 4.91 Å². The maximum absolute atomic E-state index is 8.92. The molecule has 0 rings (SSSR count). The van der Waals surface area contributed by atoms with Crippen molar-refractivity contribution < 1.29 is 9.84 Å². The second-order valence-corrected chi connectivity index (χ2v) is 4.77. The van der Waals surface area contributed by atoms with Crippen molar-refractivity contribution in [3.05, 3.63) is 0 Å². The van der Waals surface area contributed by atoms with Gasteiger partial charge < -0.3 is 9.84 Å². The third-order valence-corrected chi connectivity index (χ3v) is 3.17. The van der Waals surface area contributed by atoms with Crippen LogP contribution >= 0.6 is 0 Å². The molecule has 0 aromatic rings. The Balaban J connectivity index is 0. The molecular weight excluding hydrogens is 242 g/mol. The van der Waals surface area contributed by atoms with Crippen LogP contribution in [0.25, 0.3) is 0 Å². The number of aliphatic hydroxyl groups excluding tert-OH is 1. The van der Waals surface area contributed by atoms with Crippen LogP contribution in [0.4, 0.5) is 0 Å². The molecule has 3 N–H and O–H groups in total. The van der Waals surface area contributed by atoms with Crippen molar-refractivity contribution in [1.82, 2.24) is 4.91 Å². The maximum atomic E-state index is 8.92. The lowest BCUT2D eigenvalue weighted by atomic mass is 10.1. The summed E-state index contributed by atoms with van der Waals surface area (Å²) in [5, 5.41) is 8.92. The van der Waals surface area contributed by atoms with Crippen LogP contribution in [0.15, 0.2) is 0 Å². The zero-order chi connectivity index (χ0) is 14.8. The first-order valence-corrected chi connectivity index (χ1v) is 7.43. The molecule has 5 nitrogen and oxygen atoms in total. The number of aliphatic hydroxyl groups is 1. The minimum Gasteiger partial charge on any atom is -0.394 e. The highest BCUT2D eigenvalue weighted by Gasteiger charge is 2.03. The fourth-order valence-electron chi connectivity index (χ4n) is 1.97. The van der Waals surface area contributed by atoms with Crippen molar-refractivity contribution in [2.75, 3.05) is 13.7 Å². The number of hydrogen-bond acceptors (Lipinski definition) is 4. The fourth-order valence-corrected chi connectivity index (χ4v) is 1.97. The Bertz CT molecular complexity index is 191. The van der Waals surface area contributed by atoms with E-state index in [2.05, 4.69) is 6.92 Å². The summed E-state index contributed by atoms with van der Waals surface area (Å²) in [6, 6.07) is 0. The molecule has 0 aliphatic rings. The zero-order valence-corrected chi connectivity index (χ0v) is 12.7. The summed E-state index contributed by atoms with van der Waals surface area (Å²) in [6.07, 6.45) is 13.2. The number of hydrogen-bond donors (Lipinski definition) is 3. The van der Waals surface area contributed by atoms with Gasteiger partial charge in [-0.05, 0) is 6.42 Å². The first-order chi connectivity index (χ1) is 9.26. The lowest BCUT2D eigenvalue weighted by molar-refractivity contribution is 0.0415. The molecule has 114 valence electrons. The van der Waals surface area contributed by atoms with E-state index in [4.69, 9.17) is 20.9 Å². The van der Waals surface area contributed by atoms with Gasteiger partial charge in [-0.1, -0.05) is 64.7 Å². The Labute approximate surface area is 117 Å². The fraction of sp³-hybridized carbons (Fsp3) is 1.00. The maximum Gasteiger partial charge on any atom is 0.211 e. The molecule has 1 atom stereocenters. The Morgan fingerprint density at radius 2 is 1.37 bits per heavy atom. The average molecular weight is 274 g/mol. The van der Waals surface area contributed by atoms with Gasteiger partial charge in [-0.2, -0.15) is 0 Å². The molecule has 0 saturated carbocycles. The summed E-state index contributed by atoms with van der Waals surface area (Å²) < 4.78 is 5.12. The molecule has 0 aliphatic heterocycles. The van der Waals surface area contributed by atoms with Crippen LogP contribution in [0.2, 0.25) is 0 Å². The SMILES string of the molecule is CCCCCCCCCCCC(CO)OC.N=[N+]=N. The van der Waals surface area contributed by atoms with Crippen molar-refractivity contribution in [3.63, 3.8) is 0 Å². The third kappa shape index (κ3) is 19.7. The molecule has 19 heavy (non-hydrogen) atoms. The van der Waals surface area contributed by atoms with Crippen molar-refractivity contribution in [3.8, 4) is 0 Å². The van der Waals surface area contributed by atoms with Crippen LogP contribution in [0.1, 0.15) is 71.1 Å². The highest BCUT2D eigenvalue weighted by molar-refractivity contribution is 4.55. The highest BCUT2D eigenvalue weighted by atomic mass is 16.5.